The Bertz CT molecular complexity index is 702. The highest BCUT2D eigenvalue weighted by atomic mass is 16.5. The third kappa shape index (κ3) is 2.90. The lowest BCUT2D eigenvalue weighted by Gasteiger charge is -2.52. The van der Waals surface area contributed by atoms with Crippen molar-refractivity contribution in [1.82, 2.24) is 9.80 Å². The van der Waals surface area contributed by atoms with Crippen molar-refractivity contribution in [3.63, 3.8) is 0 Å². The van der Waals surface area contributed by atoms with Gasteiger partial charge in [-0.25, -0.2) is 0 Å². The molecule has 25 heavy (non-hydrogen) atoms. The van der Waals surface area contributed by atoms with E-state index in [2.05, 4.69) is 4.90 Å². The van der Waals surface area contributed by atoms with Gasteiger partial charge in [0.15, 0.2) is 0 Å². The molecule has 0 N–H and O–H groups in total. The average Bonchev–Trinajstić information content (AvgIpc) is 2.62. The molecule has 1 aromatic rings. The van der Waals surface area contributed by atoms with Crippen molar-refractivity contribution in [1.29, 1.82) is 0 Å². The number of methoxy groups -OCH3 is 1. The number of ether oxygens (including phenoxy) is 1. The second-order valence-electron chi connectivity index (χ2n) is 7.76. The van der Waals surface area contributed by atoms with E-state index in [1.165, 1.54) is 0 Å². The van der Waals surface area contributed by atoms with Crippen LogP contribution >= 0.6 is 0 Å². The van der Waals surface area contributed by atoms with Gasteiger partial charge in [0, 0.05) is 37.7 Å². The number of carbonyl (C=O) groups excluding carboxylic acids is 2. The van der Waals surface area contributed by atoms with Gasteiger partial charge in [-0.05, 0) is 61.8 Å². The summed E-state index contributed by atoms with van der Waals surface area (Å²) in [5, 5.41) is 0. The third-order valence-electron chi connectivity index (χ3n) is 6.13. The maximum atomic E-state index is 13.1. The van der Waals surface area contributed by atoms with Gasteiger partial charge in [0.2, 0.25) is 5.91 Å². The van der Waals surface area contributed by atoms with E-state index in [4.69, 9.17) is 4.74 Å². The number of amides is 2. The molecule has 1 aromatic carbocycles. The zero-order valence-corrected chi connectivity index (χ0v) is 15.0. The Morgan fingerprint density at radius 2 is 2.08 bits per heavy atom. The van der Waals surface area contributed by atoms with Crippen LogP contribution in [0.1, 0.15) is 41.6 Å². The van der Waals surface area contributed by atoms with Crippen molar-refractivity contribution in [2.24, 2.45) is 11.8 Å². The fourth-order valence-electron chi connectivity index (χ4n) is 4.95. The monoisotopic (exact) mass is 342 g/mol. The van der Waals surface area contributed by atoms with Crippen molar-refractivity contribution < 1.29 is 14.3 Å². The molecule has 134 valence electrons. The highest BCUT2D eigenvalue weighted by molar-refractivity contribution is 5.96. The Kier molecular flexibility index (Phi) is 4.18. The van der Waals surface area contributed by atoms with Crippen LogP contribution < -0.4 is 4.74 Å². The second kappa shape index (κ2) is 6.36. The van der Waals surface area contributed by atoms with E-state index in [0.29, 0.717) is 30.2 Å². The molecule has 2 unspecified atom stereocenters. The summed E-state index contributed by atoms with van der Waals surface area (Å²) in [6.45, 7) is 4.32. The Morgan fingerprint density at radius 3 is 2.84 bits per heavy atom. The van der Waals surface area contributed by atoms with Crippen LogP contribution in [0.3, 0.4) is 0 Å². The minimum Gasteiger partial charge on any atom is -0.497 e. The largest absolute Gasteiger partial charge is 0.497 e. The summed E-state index contributed by atoms with van der Waals surface area (Å²) in [4.78, 5) is 29.4. The van der Waals surface area contributed by atoms with Crippen LogP contribution in [0.25, 0.3) is 0 Å². The number of likely N-dealkylation sites (tertiary alicyclic amines) is 1. The van der Waals surface area contributed by atoms with Gasteiger partial charge < -0.3 is 14.5 Å². The molecule has 3 fully saturated rings. The molecule has 3 atom stereocenters. The fraction of sp³-hybridized carbons (Fsp3) is 0.600. The molecule has 3 aliphatic rings. The van der Waals surface area contributed by atoms with E-state index in [1.807, 2.05) is 30.0 Å². The molecule has 3 heterocycles. The SMILES string of the molecule is COc1ccc(C(=O)N2CC3CC(C2)[C@H]2CCCC(=O)N2C3)c(C)c1. The van der Waals surface area contributed by atoms with Crippen molar-refractivity contribution in [3.05, 3.63) is 29.3 Å². The molecule has 0 saturated carbocycles. The van der Waals surface area contributed by atoms with Gasteiger partial charge >= 0.3 is 0 Å². The molecule has 5 heteroatoms. The fourth-order valence-corrected chi connectivity index (χ4v) is 4.95. The topological polar surface area (TPSA) is 49.9 Å². The molecule has 2 bridgehead atoms. The van der Waals surface area contributed by atoms with E-state index in [1.54, 1.807) is 7.11 Å². The normalized spacial score (nSPS) is 28.6. The van der Waals surface area contributed by atoms with Crippen LogP contribution in [0.5, 0.6) is 5.75 Å². The van der Waals surface area contributed by atoms with Crippen molar-refractivity contribution in [2.45, 2.75) is 38.6 Å². The van der Waals surface area contributed by atoms with Gasteiger partial charge in [-0.2, -0.15) is 0 Å². The number of piperidine rings is 3. The Hall–Kier alpha value is -2.04. The standard InChI is InChI=1S/C20H26N2O3/c1-13-8-16(25-2)6-7-17(13)20(24)21-10-14-9-15(12-21)18-4-3-5-19(23)22(18)11-14/h6-8,14-15,18H,3-5,9-12H2,1-2H3/t14?,15?,18-/m1/s1. The molecule has 0 radical (unpaired) electrons. The zero-order chi connectivity index (χ0) is 17.6. The van der Waals surface area contributed by atoms with Crippen LogP contribution in [0.15, 0.2) is 18.2 Å². The Morgan fingerprint density at radius 1 is 1.24 bits per heavy atom. The van der Waals surface area contributed by atoms with Gasteiger partial charge in [-0.3, -0.25) is 9.59 Å². The van der Waals surface area contributed by atoms with Gasteiger partial charge in [-0.15, -0.1) is 0 Å². The quantitative estimate of drug-likeness (QED) is 0.830. The third-order valence-corrected chi connectivity index (χ3v) is 6.13. The van der Waals surface area contributed by atoms with E-state index >= 15 is 0 Å². The molecular weight excluding hydrogens is 316 g/mol. The first-order valence-corrected chi connectivity index (χ1v) is 9.30. The average molecular weight is 342 g/mol. The smallest absolute Gasteiger partial charge is 0.254 e. The summed E-state index contributed by atoms with van der Waals surface area (Å²) in [5.74, 6) is 2.06. The highest BCUT2D eigenvalue weighted by Crippen LogP contribution is 2.38. The van der Waals surface area contributed by atoms with E-state index < -0.39 is 0 Å². The molecule has 3 aliphatic heterocycles. The molecular formula is C20H26N2O3. The minimum atomic E-state index is 0.116. The lowest BCUT2D eigenvalue weighted by atomic mass is 9.76. The summed E-state index contributed by atoms with van der Waals surface area (Å²) in [7, 11) is 1.64. The number of nitrogens with zero attached hydrogens (tertiary/aromatic N) is 2. The Balaban J connectivity index is 1.53. The number of carbonyl (C=O) groups is 2. The lowest BCUT2D eigenvalue weighted by Crippen LogP contribution is -2.61. The summed E-state index contributed by atoms with van der Waals surface area (Å²) >= 11 is 0. The van der Waals surface area contributed by atoms with Gasteiger partial charge in [-0.1, -0.05) is 0 Å². The lowest BCUT2D eigenvalue weighted by molar-refractivity contribution is -0.144. The minimum absolute atomic E-state index is 0.116. The number of fused-ring (bicyclic) bond motifs is 4. The number of benzene rings is 1. The first kappa shape index (κ1) is 16.4. The maximum absolute atomic E-state index is 13.1. The second-order valence-corrected chi connectivity index (χ2v) is 7.76. The number of aryl methyl sites for hydroxylation is 1. The van der Waals surface area contributed by atoms with Crippen LogP contribution in [-0.4, -0.2) is 54.4 Å². The van der Waals surface area contributed by atoms with Crippen LogP contribution in [0, 0.1) is 18.8 Å². The van der Waals surface area contributed by atoms with Crippen molar-refractivity contribution in [3.8, 4) is 5.75 Å². The summed E-state index contributed by atoms with van der Waals surface area (Å²) in [5.41, 5.74) is 1.71. The Labute approximate surface area is 148 Å². The molecule has 3 saturated heterocycles. The summed E-state index contributed by atoms with van der Waals surface area (Å²) in [6, 6.07) is 5.98. The number of hydrogen-bond acceptors (Lipinski definition) is 3. The molecule has 0 aromatic heterocycles. The molecule has 4 rings (SSSR count). The van der Waals surface area contributed by atoms with E-state index in [-0.39, 0.29) is 5.91 Å². The van der Waals surface area contributed by atoms with Gasteiger partial charge in [0.05, 0.1) is 7.11 Å². The van der Waals surface area contributed by atoms with Crippen LogP contribution in [0.4, 0.5) is 0 Å². The van der Waals surface area contributed by atoms with Gasteiger partial charge in [0.1, 0.15) is 5.75 Å². The van der Waals surface area contributed by atoms with E-state index in [0.717, 1.165) is 55.8 Å². The predicted molar refractivity (Wildman–Crippen MR) is 94.6 cm³/mol. The van der Waals surface area contributed by atoms with Crippen molar-refractivity contribution >= 4 is 11.8 Å². The highest BCUT2D eigenvalue weighted by Gasteiger charge is 2.44. The first-order valence-electron chi connectivity index (χ1n) is 9.30. The van der Waals surface area contributed by atoms with E-state index in [9.17, 15) is 9.59 Å². The number of rotatable bonds is 2. The number of hydrogen-bond donors (Lipinski definition) is 0. The predicted octanol–water partition coefficient (Wildman–Crippen LogP) is 2.48. The van der Waals surface area contributed by atoms with Gasteiger partial charge in [0.25, 0.3) is 5.91 Å². The molecule has 0 spiro atoms. The van der Waals surface area contributed by atoms with Crippen LogP contribution in [0.2, 0.25) is 0 Å². The maximum Gasteiger partial charge on any atom is 0.254 e. The first-order chi connectivity index (χ1) is 12.1. The zero-order valence-electron chi connectivity index (χ0n) is 15.0. The molecule has 2 amide bonds. The molecule has 5 nitrogen and oxygen atoms in total. The summed E-state index contributed by atoms with van der Waals surface area (Å²) in [6.07, 6.45) is 3.93. The van der Waals surface area contributed by atoms with Crippen molar-refractivity contribution in [2.75, 3.05) is 26.7 Å². The molecule has 0 aliphatic carbocycles. The summed E-state index contributed by atoms with van der Waals surface area (Å²) < 4.78 is 5.24. The van der Waals surface area contributed by atoms with Crippen LogP contribution in [-0.2, 0) is 4.79 Å².